The Bertz CT molecular complexity index is 1100. The molecule has 0 bridgehead atoms. The van der Waals surface area contributed by atoms with E-state index in [4.69, 9.17) is 14.0 Å². The molecule has 0 atom stereocenters. The molecule has 0 aliphatic heterocycles. The normalized spacial score (nSPS) is 10.8. The van der Waals surface area contributed by atoms with Crippen LogP contribution < -0.4 is 4.74 Å². The van der Waals surface area contributed by atoms with E-state index in [0.717, 1.165) is 16.5 Å². The monoisotopic (exact) mass is 375 g/mol. The molecule has 28 heavy (non-hydrogen) atoms. The number of carbonyl (C=O) groups is 1. The molecule has 140 valence electrons. The summed E-state index contributed by atoms with van der Waals surface area (Å²) in [5.74, 6) is 1.13. The minimum Gasteiger partial charge on any atom is -0.485 e. The summed E-state index contributed by atoms with van der Waals surface area (Å²) in [6.07, 6.45) is 1.72. The molecule has 2 heterocycles. The van der Waals surface area contributed by atoms with E-state index in [2.05, 4.69) is 15.1 Å². The van der Waals surface area contributed by atoms with Crippen molar-refractivity contribution in [1.82, 2.24) is 15.1 Å². The summed E-state index contributed by atoms with van der Waals surface area (Å²) in [7, 11) is 0. The van der Waals surface area contributed by atoms with Crippen LogP contribution in [0, 0.1) is 6.92 Å². The molecule has 7 heteroatoms. The zero-order valence-corrected chi connectivity index (χ0v) is 15.2. The highest BCUT2D eigenvalue weighted by Crippen LogP contribution is 2.18. The van der Waals surface area contributed by atoms with Gasteiger partial charge in [-0.15, -0.1) is 0 Å². The highest BCUT2D eigenvalue weighted by atomic mass is 16.5. The fourth-order valence-electron chi connectivity index (χ4n) is 2.75. The third kappa shape index (κ3) is 3.98. The molecule has 2 aromatic heterocycles. The van der Waals surface area contributed by atoms with Gasteiger partial charge in [0, 0.05) is 24.1 Å². The Morgan fingerprint density at radius 2 is 1.86 bits per heavy atom. The van der Waals surface area contributed by atoms with Crippen molar-refractivity contribution in [2.45, 2.75) is 20.1 Å². The lowest BCUT2D eigenvalue weighted by atomic mass is 10.1. The first-order chi connectivity index (χ1) is 13.7. The van der Waals surface area contributed by atoms with Crippen LogP contribution in [0.15, 0.2) is 65.3 Å². The Kier molecular flexibility index (Phi) is 4.97. The van der Waals surface area contributed by atoms with Gasteiger partial charge in [0.1, 0.15) is 12.4 Å². The SMILES string of the molecule is Cc1nc(COc2ccc(C(=O)OCc3cccc4cccnc34)cc2)no1. The maximum atomic E-state index is 12.3. The largest absolute Gasteiger partial charge is 0.485 e. The van der Waals surface area contributed by atoms with Crippen molar-refractivity contribution in [1.29, 1.82) is 0 Å². The predicted octanol–water partition coefficient (Wildman–Crippen LogP) is 3.86. The van der Waals surface area contributed by atoms with Gasteiger partial charge in [-0.2, -0.15) is 4.98 Å². The molecule has 0 spiro atoms. The van der Waals surface area contributed by atoms with Gasteiger partial charge in [-0.3, -0.25) is 4.98 Å². The molecule has 0 saturated heterocycles. The smallest absolute Gasteiger partial charge is 0.338 e. The molecule has 0 radical (unpaired) electrons. The van der Waals surface area contributed by atoms with Gasteiger partial charge in [-0.05, 0) is 30.3 Å². The third-order valence-electron chi connectivity index (χ3n) is 4.10. The number of rotatable bonds is 6. The number of esters is 1. The summed E-state index contributed by atoms with van der Waals surface area (Å²) in [6.45, 7) is 2.06. The zero-order valence-electron chi connectivity index (χ0n) is 15.2. The highest BCUT2D eigenvalue weighted by molar-refractivity contribution is 5.89. The van der Waals surface area contributed by atoms with Crippen molar-refractivity contribution < 1.29 is 18.8 Å². The summed E-state index contributed by atoms with van der Waals surface area (Å²) in [5.41, 5.74) is 2.14. The minimum absolute atomic E-state index is 0.155. The van der Waals surface area contributed by atoms with Crippen LogP contribution >= 0.6 is 0 Å². The number of pyridine rings is 1. The van der Waals surface area contributed by atoms with Crippen LogP contribution in [0.5, 0.6) is 5.75 Å². The Hall–Kier alpha value is -3.74. The number of aryl methyl sites for hydroxylation is 1. The van der Waals surface area contributed by atoms with E-state index < -0.39 is 5.97 Å². The Balaban J connectivity index is 1.36. The summed E-state index contributed by atoms with van der Waals surface area (Å²) in [4.78, 5) is 20.8. The molecular formula is C21H17N3O4. The second-order valence-corrected chi connectivity index (χ2v) is 6.11. The molecule has 7 nitrogen and oxygen atoms in total. The van der Waals surface area contributed by atoms with Crippen LogP contribution in [-0.4, -0.2) is 21.1 Å². The van der Waals surface area contributed by atoms with Gasteiger partial charge in [0.25, 0.3) is 0 Å². The van der Waals surface area contributed by atoms with E-state index in [-0.39, 0.29) is 13.2 Å². The molecule has 0 N–H and O–H groups in total. The van der Waals surface area contributed by atoms with Crippen molar-refractivity contribution in [2.24, 2.45) is 0 Å². The third-order valence-corrected chi connectivity index (χ3v) is 4.10. The highest BCUT2D eigenvalue weighted by Gasteiger charge is 2.10. The number of para-hydroxylation sites is 1. The summed E-state index contributed by atoms with van der Waals surface area (Å²) in [6, 6.07) is 16.4. The van der Waals surface area contributed by atoms with Crippen LogP contribution in [0.25, 0.3) is 10.9 Å². The lowest BCUT2D eigenvalue weighted by molar-refractivity contribution is 0.0474. The second kappa shape index (κ2) is 7.87. The number of benzene rings is 2. The average Bonchev–Trinajstić information content (AvgIpc) is 3.16. The molecule has 0 saturated carbocycles. The molecule has 0 aliphatic carbocycles. The van der Waals surface area contributed by atoms with Gasteiger partial charge in [0.15, 0.2) is 6.61 Å². The van der Waals surface area contributed by atoms with Crippen LogP contribution in [-0.2, 0) is 18.0 Å². The first kappa shape index (κ1) is 17.7. The van der Waals surface area contributed by atoms with Gasteiger partial charge < -0.3 is 14.0 Å². The molecule has 4 aromatic rings. The second-order valence-electron chi connectivity index (χ2n) is 6.11. The van der Waals surface area contributed by atoms with Crippen molar-refractivity contribution in [3.05, 3.63) is 83.6 Å². The Morgan fingerprint density at radius 3 is 2.64 bits per heavy atom. The zero-order chi connectivity index (χ0) is 19.3. The predicted molar refractivity (Wildman–Crippen MR) is 101 cm³/mol. The molecular weight excluding hydrogens is 358 g/mol. The van der Waals surface area contributed by atoms with E-state index in [1.165, 1.54) is 0 Å². The van der Waals surface area contributed by atoms with E-state index in [1.54, 1.807) is 37.4 Å². The lowest BCUT2D eigenvalue weighted by Gasteiger charge is -2.08. The Morgan fingerprint density at radius 1 is 1.04 bits per heavy atom. The number of nitrogens with zero attached hydrogens (tertiary/aromatic N) is 3. The van der Waals surface area contributed by atoms with Crippen LogP contribution in [0.2, 0.25) is 0 Å². The average molecular weight is 375 g/mol. The fraction of sp³-hybridized carbons (Fsp3) is 0.143. The number of ether oxygens (including phenoxy) is 2. The summed E-state index contributed by atoms with van der Waals surface area (Å²) in [5, 5.41) is 4.77. The molecule has 4 rings (SSSR count). The minimum atomic E-state index is -0.409. The first-order valence-corrected chi connectivity index (χ1v) is 8.71. The van der Waals surface area contributed by atoms with Gasteiger partial charge in [0.05, 0.1) is 11.1 Å². The van der Waals surface area contributed by atoms with Gasteiger partial charge in [-0.25, -0.2) is 4.79 Å². The van der Waals surface area contributed by atoms with Crippen molar-refractivity contribution in [3.8, 4) is 5.75 Å². The number of hydrogen-bond donors (Lipinski definition) is 0. The van der Waals surface area contributed by atoms with Crippen molar-refractivity contribution in [3.63, 3.8) is 0 Å². The molecule has 0 amide bonds. The number of aromatic nitrogens is 3. The molecule has 0 aliphatic rings. The van der Waals surface area contributed by atoms with Crippen LogP contribution in [0.3, 0.4) is 0 Å². The van der Waals surface area contributed by atoms with E-state index in [1.807, 2.05) is 30.3 Å². The fourth-order valence-corrected chi connectivity index (χ4v) is 2.75. The van der Waals surface area contributed by atoms with E-state index >= 15 is 0 Å². The van der Waals surface area contributed by atoms with Crippen LogP contribution in [0.4, 0.5) is 0 Å². The van der Waals surface area contributed by atoms with Crippen molar-refractivity contribution >= 4 is 16.9 Å². The lowest BCUT2D eigenvalue weighted by Crippen LogP contribution is -2.06. The molecule has 0 unspecified atom stereocenters. The number of hydrogen-bond acceptors (Lipinski definition) is 7. The van der Waals surface area contributed by atoms with Crippen molar-refractivity contribution in [2.75, 3.05) is 0 Å². The molecule has 0 fully saturated rings. The van der Waals surface area contributed by atoms with Gasteiger partial charge >= 0.3 is 5.97 Å². The molecule has 2 aromatic carbocycles. The van der Waals surface area contributed by atoms with Gasteiger partial charge in [-0.1, -0.05) is 29.4 Å². The summed E-state index contributed by atoms with van der Waals surface area (Å²) < 4.78 is 15.9. The van der Waals surface area contributed by atoms with E-state index in [0.29, 0.717) is 23.0 Å². The summed E-state index contributed by atoms with van der Waals surface area (Å²) >= 11 is 0. The maximum Gasteiger partial charge on any atom is 0.338 e. The number of fused-ring (bicyclic) bond motifs is 1. The number of carbonyl (C=O) groups excluding carboxylic acids is 1. The van der Waals surface area contributed by atoms with Gasteiger partial charge in [0.2, 0.25) is 11.7 Å². The first-order valence-electron chi connectivity index (χ1n) is 8.71. The Labute approximate surface area is 160 Å². The standard InChI is InChI=1S/C21H17N3O4/c1-14-23-19(24-28-14)13-26-18-9-7-16(8-10-18)21(25)27-12-17-5-2-4-15-6-3-11-22-20(15)17/h2-11H,12-13H2,1H3. The quantitative estimate of drug-likeness (QED) is 0.473. The van der Waals surface area contributed by atoms with Crippen LogP contribution in [0.1, 0.15) is 27.6 Å². The maximum absolute atomic E-state index is 12.3. The topological polar surface area (TPSA) is 87.3 Å². The van der Waals surface area contributed by atoms with E-state index in [9.17, 15) is 4.79 Å².